The van der Waals surface area contributed by atoms with Crippen LogP contribution >= 0.6 is 11.8 Å². The van der Waals surface area contributed by atoms with E-state index in [4.69, 9.17) is 4.74 Å². The topological polar surface area (TPSA) is 75.7 Å². The minimum atomic E-state index is -3.60. The predicted octanol–water partition coefficient (Wildman–Crippen LogP) is 3.17. The molecule has 0 aliphatic heterocycles. The highest BCUT2D eigenvalue weighted by Crippen LogP contribution is 2.30. The molecule has 8 heteroatoms. The summed E-state index contributed by atoms with van der Waals surface area (Å²) in [6.45, 7) is 0. The Morgan fingerprint density at radius 1 is 1.14 bits per heavy atom. The molecule has 1 aliphatic carbocycles. The van der Waals surface area contributed by atoms with Gasteiger partial charge in [0.1, 0.15) is 5.75 Å². The van der Waals surface area contributed by atoms with Gasteiger partial charge in [0, 0.05) is 19.0 Å². The molecule has 0 fully saturated rings. The van der Waals surface area contributed by atoms with Crippen LogP contribution in [0.5, 0.6) is 5.75 Å². The Balaban J connectivity index is 1.70. The van der Waals surface area contributed by atoms with E-state index in [9.17, 15) is 13.2 Å². The summed E-state index contributed by atoms with van der Waals surface area (Å²) in [7, 11) is 0.803. The second-order valence-electron chi connectivity index (χ2n) is 6.77. The van der Waals surface area contributed by atoms with Crippen molar-refractivity contribution in [3.63, 3.8) is 0 Å². The molecule has 2 aromatic rings. The van der Waals surface area contributed by atoms with Gasteiger partial charge in [-0.15, -0.1) is 11.8 Å². The number of nitrogens with one attached hydrogen (secondary N) is 1. The van der Waals surface area contributed by atoms with Crippen LogP contribution in [0, 0.1) is 0 Å². The van der Waals surface area contributed by atoms with Crippen LogP contribution < -0.4 is 10.1 Å². The number of thioether (sulfide) groups is 1. The summed E-state index contributed by atoms with van der Waals surface area (Å²) < 4.78 is 31.1. The number of anilines is 1. The maximum atomic E-state index is 12.4. The first kappa shape index (κ1) is 20.7. The number of hydrogen-bond acceptors (Lipinski definition) is 5. The third-order valence-electron chi connectivity index (χ3n) is 4.66. The van der Waals surface area contributed by atoms with Crippen LogP contribution in [-0.4, -0.2) is 45.6 Å². The van der Waals surface area contributed by atoms with Crippen LogP contribution in [0.25, 0.3) is 0 Å². The van der Waals surface area contributed by atoms with Gasteiger partial charge in [0.15, 0.2) is 0 Å². The third kappa shape index (κ3) is 4.51. The van der Waals surface area contributed by atoms with Crippen molar-refractivity contribution >= 4 is 33.4 Å². The van der Waals surface area contributed by atoms with Crippen molar-refractivity contribution < 1.29 is 17.9 Å². The second kappa shape index (κ2) is 8.55. The van der Waals surface area contributed by atoms with Gasteiger partial charge in [-0.2, -0.15) is 0 Å². The van der Waals surface area contributed by atoms with Gasteiger partial charge in [-0.25, -0.2) is 12.7 Å². The molecule has 0 saturated carbocycles. The maximum absolute atomic E-state index is 12.4. The zero-order valence-corrected chi connectivity index (χ0v) is 17.8. The molecule has 3 rings (SSSR count). The molecule has 1 aliphatic rings. The summed E-state index contributed by atoms with van der Waals surface area (Å²) in [6, 6.07) is 10.8. The van der Waals surface area contributed by atoms with E-state index in [1.165, 1.54) is 62.6 Å². The van der Waals surface area contributed by atoms with Gasteiger partial charge in [-0.05, 0) is 60.7 Å². The zero-order valence-electron chi connectivity index (χ0n) is 16.2. The van der Waals surface area contributed by atoms with Crippen LogP contribution in [0.1, 0.15) is 17.5 Å². The Morgan fingerprint density at radius 3 is 2.61 bits per heavy atom. The van der Waals surface area contributed by atoms with Crippen molar-refractivity contribution in [2.24, 2.45) is 0 Å². The minimum absolute atomic E-state index is 0.0971. The fourth-order valence-corrected chi connectivity index (χ4v) is 4.82. The highest BCUT2D eigenvalue weighted by Gasteiger charge is 2.20. The van der Waals surface area contributed by atoms with E-state index in [0.29, 0.717) is 11.4 Å². The molecule has 28 heavy (non-hydrogen) atoms. The average Bonchev–Trinajstić information content (AvgIpc) is 3.14. The number of nitrogens with zero attached hydrogens (tertiary/aromatic N) is 1. The lowest BCUT2D eigenvalue weighted by molar-refractivity contribution is -0.113. The number of rotatable bonds is 7. The number of sulfonamides is 1. The normalized spacial score (nSPS) is 13.4. The van der Waals surface area contributed by atoms with E-state index in [1.807, 2.05) is 6.07 Å². The highest BCUT2D eigenvalue weighted by atomic mass is 32.2. The molecule has 1 N–H and O–H groups in total. The number of ether oxygens (including phenoxy) is 1. The van der Waals surface area contributed by atoms with Gasteiger partial charge in [0.25, 0.3) is 0 Å². The number of benzene rings is 2. The molecule has 2 aromatic carbocycles. The smallest absolute Gasteiger partial charge is 0.242 e. The van der Waals surface area contributed by atoms with Crippen LogP contribution in [-0.2, 0) is 27.7 Å². The van der Waals surface area contributed by atoms with E-state index in [0.717, 1.165) is 22.0 Å². The van der Waals surface area contributed by atoms with Crippen LogP contribution in [0.3, 0.4) is 0 Å². The first-order valence-corrected chi connectivity index (χ1v) is 11.4. The Morgan fingerprint density at radius 2 is 1.89 bits per heavy atom. The van der Waals surface area contributed by atoms with Gasteiger partial charge >= 0.3 is 0 Å². The summed E-state index contributed by atoms with van der Waals surface area (Å²) in [5.41, 5.74) is 3.11. The number of hydrogen-bond donors (Lipinski definition) is 1. The number of fused-ring (bicyclic) bond motifs is 1. The SMILES string of the molecule is COc1ccc(S(=O)(=O)N(C)C)cc1NC(=O)CSc1ccc2c(c1)CCC2. The molecule has 0 radical (unpaired) electrons. The Kier molecular flexibility index (Phi) is 6.32. The minimum Gasteiger partial charge on any atom is -0.495 e. The van der Waals surface area contributed by atoms with Crippen molar-refractivity contribution in [1.29, 1.82) is 0 Å². The Hall–Kier alpha value is -2.03. The molecule has 1 amide bonds. The quantitative estimate of drug-likeness (QED) is 0.697. The summed E-state index contributed by atoms with van der Waals surface area (Å²) in [6.07, 6.45) is 3.42. The second-order valence-corrected chi connectivity index (χ2v) is 9.97. The van der Waals surface area contributed by atoms with Crippen molar-refractivity contribution in [1.82, 2.24) is 4.31 Å². The molecule has 0 bridgehead atoms. The molecule has 0 saturated heterocycles. The van der Waals surface area contributed by atoms with E-state index in [1.54, 1.807) is 6.07 Å². The lowest BCUT2D eigenvalue weighted by Gasteiger charge is -2.15. The summed E-state index contributed by atoms with van der Waals surface area (Å²) in [4.78, 5) is 13.6. The van der Waals surface area contributed by atoms with Crippen LogP contribution in [0.2, 0.25) is 0 Å². The zero-order chi connectivity index (χ0) is 20.3. The van der Waals surface area contributed by atoms with Crippen molar-refractivity contribution in [3.05, 3.63) is 47.5 Å². The first-order chi connectivity index (χ1) is 13.3. The third-order valence-corrected chi connectivity index (χ3v) is 7.47. The molecule has 6 nitrogen and oxygen atoms in total. The highest BCUT2D eigenvalue weighted by molar-refractivity contribution is 8.00. The molecule has 0 atom stereocenters. The fraction of sp³-hybridized carbons (Fsp3) is 0.350. The summed E-state index contributed by atoms with van der Waals surface area (Å²) in [5.74, 6) is 0.420. The van der Waals surface area contributed by atoms with Crippen LogP contribution in [0.15, 0.2) is 46.2 Å². The lowest BCUT2D eigenvalue weighted by Crippen LogP contribution is -2.22. The molecule has 0 heterocycles. The van der Waals surface area contributed by atoms with Gasteiger partial charge in [-0.3, -0.25) is 4.79 Å². The van der Waals surface area contributed by atoms with Gasteiger partial charge in [0.05, 0.1) is 23.4 Å². The number of carbonyl (C=O) groups is 1. The molecule has 0 spiro atoms. The standard InChI is InChI=1S/C20H24N2O4S2/c1-22(2)28(24,25)17-9-10-19(26-3)18(12-17)21-20(23)13-27-16-8-7-14-5-4-6-15(14)11-16/h7-12H,4-6,13H2,1-3H3,(H,21,23). The Bertz CT molecular complexity index is 988. The van der Waals surface area contributed by atoms with E-state index in [2.05, 4.69) is 17.4 Å². The van der Waals surface area contributed by atoms with E-state index in [-0.39, 0.29) is 16.6 Å². The number of aryl methyl sites for hydroxylation is 2. The molecule has 0 aromatic heterocycles. The lowest BCUT2D eigenvalue weighted by atomic mass is 10.1. The summed E-state index contributed by atoms with van der Waals surface area (Å²) >= 11 is 1.46. The predicted molar refractivity (Wildman–Crippen MR) is 112 cm³/mol. The van der Waals surface area contributed by atoms with Crippen molar-refractivity contribution in [2.45, 2.75) is 29.1 Å². The Labute approximate surface area is 170 Å². The van der Waals surface area contributed by atoms with Gasteiger partial charge in [0.2, 0.25) is 15.9 Å². The largest absolute Gasteiger partial charge is 0.495 e. The van der Waals surface area contributed by atoms with E-state index < -0.39 is 10.0 Å². The molecular formula is C20H24N2O4S2. The maximum Gasteiger partial charge on any atom is 0.242 e. The number of carbonyl (C=O) groups excluding carboxylic acids is 1. The number of amides is 1. The first-order valence-electron chi connectivity index (χ1n) is 8.96. The average molecular weight is 421 g/mol. The summed E-state index contributed by atoms with van der Waals surface area (Å²) in [5, 5.41) is 2.77. The van der Waals surface area contributed by atoms with Crippen LogP contribution in [0.4, 0.5) is 5.69 Å². The molecule has 150 valence electrons. The molecular weight excluding hydrogens is 396 g/mol. The van der Waals surface area contributed by atoms with Crippen molar-refractivity contribution in [2.75, 3.05) is 32.3 Å². The fourth-order valence-electron chi connectivity index (χ4n) is 3.13. The molecule has 0 unspecified atom stereocenters. The van der Waals surface area contributed by atoms with Gasteiger partial charge in [-0.1, -0.05) is 6.07 Å². The van der Waals surface area contributed by atoms with Gasteiger partial charge < -0.3 is 10.1 Å². The van der Waals surface area contributed by atoms with E-state index >= 15 is 0 Å². The van der Waals surface area contributed by atoms with Crippen molar-refractivity contribution in [3.8, 4) is 5.75 Å². The monoisotopic (exact) mass is 420 g/mol. The number of methoxy groups -OCH3 is 1.